The van der Waals surface area contributed by atoms with Crippen LogP contribution in [0.3, 0.4) is 0 Å². The lowest BCUT2D eigenvalue weighted by atomic mass is 10.1. The predicted octanol–water partition coefficient (Wildman–Crippen LogP) is 3.92. The van der Waals surface area contributed by atoms with E-state index in [2.05, 4.69) is 0 Å². The van der Waals surface area contributed by atoms with Crippen molar-refractivity contribution in [3.63, 3.8) is 0 Å². The lowest BCUT2D eigenvalue weighted by Gasteiger charge is -2.14. The van der Waals surface area contributed by atoms with Gasteiger partial charge in [-0.15, -0.1) is 0 Å². The molecule has 4 rings (SSSR count). The smallest absolute Gasteiger partial charge is 0.343 e. The number of rotatable bonds is 4. The molecule has 0 fully saturated rings. The van der Waals surface area contributed by atoms with Crippen molar-refractivity contribution < 1.29 is 24.0 Å². The van der Waals surface area contributed by atoms with Crippen molar-refractivity contribution >= 4 is 29.2 Å². The number of nitrogens with zero attached hydrogens (tertiary/aromatic N) is 2. The second-order valence-electron chi connectivity index (χ2n) is 6.69. The summed E-state index contributed by atoms with van der Waals surface area (Å²) in [6.07, 6.45) is 0. The van der Waals surface area contributed by atoms with Gasteiger partial charge in [-0.05, 0) is 49.4 Å². The molecule has 0 radical (unpaired) electrons. The van der Waals surface area contributed by atoms with Gasteiger partial charge in [-0.1, -0.05) is 17.7 Å². The number of nitro groups is 1. The van der Waals surface area contributed by atoms with E-state index in [1.807, 2.05) is 13.0 Å². The Hall–Kier alpha value is -4.33. The molecular formula is C22H14N2O6. The van der Waals surface area contributed by atoms with Gasteiger partial charge in [-0.25, -0.2) is 9.69 Å². The van der Waals surface area contributed by atoms with Crippen LogP contribution in [0.1, 0.15) is 36.6 Å². The Labute approximate surface area is 170 Å². The first kappa shape index (κ1) is 19.0. The number of hydrogen-bond acceptors (Lipinski definition) is 6. The van der Waals surface area contributed by atoms with E-state index < -0.39 is 22.7 Å². The van der Waals surface area contributed by atoms with Gasteiger partial charge >= 0.3 is 5.97 Å². The van der Waals surface area contributed by atoms with Crippen LogP contribution >= 0.6 is 0 Å². The molecule has 1 aliphatic rings. The molecule has 8 nitrogen and oxygen atoms in total. The maximum absolute atomic E-state index is 12.7. The van der Waals surface area contributed by atoms with E-state index >= 15 is 0 Å². The van der Waals surface area contributed by atoms with E-state index in [4.69, 9.17) is 4.74 Å². The van der Waals surface area contributed by atoms with E-state index in [1.165, 1.54) is 36.4 Å². The molecule has 30 heavy (non-hydrogen) atoms. The molecule has 148 valence electrons. The maximum Gasteiger partial charge on any atom is 0.343 e. The number of ether oxygens (including phenoxy) is 1. The van der Waals surface area contributed by atoms with Crippen LogP contribution in [0.15, 0.2) is 66.7 Å². The summed E-state index contributed by atoms with van der Waals surface area (Å²) in [4.78, 5) is 48.8. The van der Waals surface area contributed by atoms with Crippen molar-refractivity contribution in [2.45, 2.75) is 6.92 Å². The van der Waals surface area contributed by atoms with Crippen LogP contribution in [-0.4, -0.2) is 22.7 Å². The molecule has 1 heterocycles. The Morgan fingerprint density at radius 1 is 0.933 bits per heavy atom. The third kappa shape index (κ3) is 3.30. The summed E-state index contributed by atoms with van der Waals surface area (Å²) >= 11 is 0. The zero-order valence-corrected chi connectivity index (χ0v) is 15.7. The van der Waals surface area contributed by atoms with Gasteiger partial charge in [0.05, 0.1) is 27.3 Å². The number of esters is 1. The number of hydrogen-bond donors (Lipinski definition) is 0. The number of nitro benzene ring substituents is 1. The molecule has 0 aromatic heterocycles. The topological polar surface area (TPSA) is 107 Å². The molecule has 0 N–H and O–H groups in total. The van der Waals surface area contributed by atoms with Crippen LogP contribution in [-0.2, 0) is 0 Å². The number of anilines is 1. The number of carbonyl (C=O) groups is 3. The van der Waals surface area contributed by atoms with Gasteiger partial charge in [0.25, 0.3) is 17.5 Å². The van der Waals surface area contributed by atoms with Gasteiger partial charge in [0.15, 0.2) is 0 Å². The number of aryl methyl sites for hydroxylation is 1. The fraction of sp³-hybridized carbons (Fsp3) is 0.0455. The number of benzene rings is 3. The Bertz CT molecular complexity index is 1220. The van der Waals surface area contributed by atoms with Gasteiger partial charge in [0.2, 0.25) is 0 Å². The fourth-order valence-corrected chi connectivity index (χ4v) is 3.18. The van der Waals surface area contributed by atoms with E-state index in [0.29, 0.717) is 5.56 Å². The van der Waals surface area contributed by atoms with E-state index in [1.54, 1.807) is 18.2 Å². The summed E-state index contributed by atoms with van der Waals surface area (Å²) in [5.74, 6) is -1.50. The summed E-state index contributed by atoms with van der Waals surface area (Å²) in [6.45, 7) is 1.86. The first-order valence-electron chi connectivity index (χ1n) is 8.91. The molecule has 0 atom stereocenters. The zero-order chi connectivity index (χ0) is 21.4. The minimum absolute atomic E-state index is 0.0239. The van der Waals surface area contributed by atoms with Crippen molar-refractivity contribution in [3.8, 4) is 5.75 Å². The van der Waals surface area contributed by atoms with Crippen LogP contribution in [0.5, 0.6) is 5.75 Å². The highest BCUT2D eigenvalue weighted by molar-refractivity contribution is 6.34. The molecule has 0 saturated carbocycles. The van der Waals surface area contributed by atoms with Gasteiger partial charge in [0, 0.05) is 12.1 Å². The third-order valence-electron chi connectivity index (χ3n) is 4.64. The second kappa shape index (κ2) is 7.25. The van der Waals surface area contributed by atoms with E-state index in [-0.39, 0.29) is 28.3 Å². The number of amides is 2. The van der Waals surface area contributed by atoms with Crippen LogP contribution in [0.4, 0.5) is 11.4 Å². The molecule has 0 spiro atoms. The van der Waals surface area contributed by atoms with Crippen LogP contribution < -0.4 is 9.64 Å². The summed E-state index contributed by atoms with van der Waals surface area (Å²) in [7, 11) is 0. The van der Waals surface area contributed by atoms with E-state index in [9.17, 15) is 24.5 Å². The SMILES string of the molecule is Cc1cccc(C(=O)Oc2ccc(N3C(=O)c4ccc([N+](=O)[O-])cc4C3=O)cc2)c1. The molecule has 3 aromatic rings. The lowest BCUT2D eigenvalue weighted by molar-refractivity contribution is -0.384. The van der Waals surface area contributed by atoms with E-state index in [0.717, 1.165) is 16.5 Å². The molecule has 3 aromatic carbocycles. The zero-order valence-electron chi connectivity index (χ0n) is 15.7. The first-order valence-corrected chi connectivity index (χ1v) is 8.91. The minimum atomic E-state index is -0.650. The monoisotopic (exact) mass is 402 g/mol. The fourth-order valence-electron chi connectivity index (χ4n) is 3.18. The summed E-state index contributed by atoms with van der Waals surface area (Å²) in [5.41, 5.74) is 1.39. The van der Waals surface area contributed by atoms with Crippen LogP contribution in [0.25, 0.3) is 0 Å². The highest BCUT2D eigenvalue weighted by Gasteiger charge is 2.37. The quantitative estimate of drug-likeness (QED) is 0.215. The van der Waals surface area contributed by atoms with Crippen LogP contribution in [0.2, 0.25) is 0 Å². The van der Waals surface area contributed by atoms with Crippen molar-refractivity contribution in [1.82, 2.24) is 0 Å². The summed E-state index contributed by atoms with van der Waals surface area (Å²) < 4.78 is 5.33. The average Bonchev–Trinajstić information content (AvgIpc) is 2.98. The molecule has 1 aliphatic heterocycles. The predicted molar refractivity (Wildman–Crippen MR) is 107 cm³/mol. The molecule has 0 saturated heterocycles. The average molecular weight is 402 g/mol. The Balaban J connectivity index is 1.55. The van der Waals surface area contributed by atoms with Gasteiger partial charge < -0.3 is 4.74 Å². The molecule has 8 heteroatoms. The summed E-state index contributed by atoms with van der Waals surface area (Å²) in [6, 6.07) is 16.4. The number of imide groups is 1. The number of carbonyl (C=O) groups excluding carboxylic acids is 3. The lowest BCUT2D eigenvalue weighted by Crippen LogP contribution is -2.29. The minimum Gasteiger partial charge on any atom is -0.423 e. The van der Waals surface area contributed by atoms with Crippen molar-refractivity contribution in [1.29, 1.82) is 0 Å². The van der Waals surface area contributed by atoms with Gasteiger partial charge in [-0.3, -0.25) is 19.7 Å². The molecule has 2 amide bonds. The Kier molecular flexibility index (Phi) is 4.59. The van der Waals surface area contributed by atoms with Crippen molar-refractivity contribution in [2.24, 2.45) is 0 Å². The summed E-state index contributed by atoms with van der Waals surface area (Å²) in [5, 5.41) is 10.9. The number of non-ortho nitro benzene ring substituents is 1. The largest absolute Gasteiger partial charge is 0.423 e. The normalized spacial score (nSPS) is 12.6. The molecule has 0 unspecified atom stereocenters. The van der Waals surface area contributed by atoms with Gasteiger partial charge in [-0.2, -0.15) is 0 Å². The Morgan fingerprint density at radius 2 is 1.63 bits per heavy atom. The second-order valence-corrected chi connectivity index (χ2v) is 6.69. The molecule has 0 aliphatic carbocycles. The number of fused-ring (bicyclic) bond motifs is 1. The molecular weight excluding hydrogens is 388 g/mol. The standard InChI is InChI=1S/C22H14N2O6/c1-13-3-2-4-14(11-13)22(27)30-17-8-5-15(6-9-17)23-20(25)18-10-7-16(24(28)29)12-19(18)21(23)26/h2-12H,1H3. The highest BCUT2D eigenvalue weighted by atomic mass is 16.6. The van der Waals surface area contributed by atoms with Crippen LogP contribution in [0, 0.1) is 17.0 Å². The highest BCUT2D eigenvalue weighted by Crippen LogP contribution is 2.31. The van der Waals surface area contributed by atoms with Crippen molar-refractivity contribution in [2.75, 3.05) is 4.90 Å². The third-order valence-corrected chi connectivity index (χ3v) is 4.64. The molecule has 0 bridgehead atoms. The van der Waals surface area contributed by atoms with Crippen molar-refractivity contribution in [3.05, 3.63) is 99.1 Å². The first-order chi connectivity index (χ1) is 14.3. The maximum atomic E-state index is 12.7. The Morgan fingerprint density at radius 3 is 2.30 bits per heavy atom. The van der Waals surface area contributed by atoms with Gasteiger partial charge in [0.1, 0.15) is 5.75 Å².